The monoisotopic (exact) mass is 603 g/mol. The maximum Gasteiger partial charge on any atom is 0.270 e. The minimum Gasteiger partial charge on any atom is -0.242 e. The third-order valence-electron chi connectivity index (χ3n) is 7.08. The number of allylic oxidation sites excluding steroid dienone is 7. The van der Waals surface area contributed by atoms with Gasteiger partial charge in [-0.2, -0.15) is 10.5 Å². The Morgan fingerprint density at radius 3 is 1.87 bits per heavy atom. The second-order valence-corrected chi connectivity index (χ2v) is 9.18. The third kappa shape index (κ3) is 4.05. The zero-order chi connectivity index (χ0) is 33.4. The summed E-state index contributed by atoms with van der Waals surface area (Å²) in [6, 6.07) is 9.77. The van der Waals surface area contributed by atoms with E-state index in [0.717, 1.165) is 12.1 Å². The van der Waals surface area contributed by atoms with Crippen molar-refractivity contribution >= 4 is 39.2 Å². The standard InChI is InChI=1S/C33H5F4N9/c1-42-23-8-20(34)17(7-21(23)35)29-27(24(11-40)43-2)18-6-15-19(10-39)26(16-5-14(9-38)46-13-22(16)36)31(25(12-41)44-3)28(15)32(37)30(18)33(29)45-4/h5-8,13H/b27-24-,31-25-. The summed E-state index contributed by atoms with van der Waals surface area (Å²) in [7, 11) is 0. The molecule has 13 heteroatoms. The molecule has 5 rings (SSSR count). The molecule has 210 valence electrons. The van der Waals surface area contributed by atoms with Crippen LogP contribution >= 0.6 is 0 Å². The Morgan fingerprint density at radius 2 is 1.30 bits per heavy atom. The molecule has 0 fully saturated rings. The number of fused-ring (bicyclic) bond motifs is 2. The van der Waals surface area contributed by atoms with Gasteiger partial charge in [-0.05, 0) is 41.0 Å². The maximum absolute atomic E-state index is 17.0. The number of rotatable bonds is 2. The van der Waals surface area contributed by atoms with Crippen LogP contribution in [0.1, 0.15) is 39.1 Å². The fourth-order valence-corrected chi connectivity index (χ4v) is 5.30. The molecule has 0 spiro atoms. The first kappa shape index (κ1) is 29.7. The van der Waals surface area contributed by atoms with Crippen LogP contribution in [0.2, 0.25) is 0 Å². The molecule has 0 unspecified atom stereocenters. The SMILES string of the molecule is [C-]#[N+]C1=C(c2cc(F)c([N+]#[C-])cc2F)/C(=C(/C#N)[N+]#[C-])c2cc3c(c(F)c21)/C(=C(/C#N)[N+]#[C-])C(c1cc(C#N)ncc1F)=C3C#N. The molecular formula is C33H5F4N9. The summed E-state index contributed by atoms with van der Waals surface area (Å²) < 4.78 is 62.3. The Morgan fingerprint density at radius 1 is 0.652 bits per heavy atom. The van der Waals surface area contributed by atoms with Crippen molar-refractivity contribution in [3.8, 4) is 24.3 Å². The lowest BCUT2D eigenvalue weighted by molar-refractivity contribution is 0.602. The Bertz CT molecular complexity index is 2460. The fraction of sp³-hybridized carbons (Fsp3) is 0. The number of aromatic nitrogens is 1. The largest absolute Gasteiger partial charge is 0.270 e. The summed E-state index contributed by atoms with van der Waals surface area (Å²) in [6.45, 7) is 30.0. The molecule has 0 atom stereocenters. The molecule has 3 aromatic rings. The molecule has 2 aromatic carbocycles. The summed E-state index contributed by atoms with van der Waals surface area (Å²) in [5.74, 6) is -4.88. The van der Waals surface area contributed by atoms with Crippen molar-refractivity contribution in [1.29, 1.82) is 21.0 Å². The molecule has 9 nitrogen and oxygen atoms in total. The number of nitriles is 4. The molecule has 0 N–H and O–H groups in total. The van der Waals surface area contributed by atoms with Gasteiger partial charge < -0.3 is 0 Å². The number of pyridine rings is 1. The van der Waals surface area contributed by atoms with Crippen molar-refractivity contribution in [3.05, 3.63) is 150 Å². The summed E-state index contributed by atoms with van der Waals surface area (Å²) in [6.07, 6.45) is 0.658. The van der Waals surface area contributed by atoms with Gasteiger partial charge in [0, 0.05) is 39.0 Å². The van der Waals surface area contributed by atoms with Crippen LogP contribution in [0, 0.1) is 94.9 Å². The van der Waals surface area contributed by atoms with Gasteiger partial charge in [0.1, 0.15) is 41.1 Å². The maximum atomic E-state index is 17.0. The van der Waals surface area contributed by atoms with E-state index in [2.05, 4.69) is 24.4 Å². The average Bonchev–Trinajstić information content (AvgIpc) is 3.56. The van der Waals surface area contributed by atoms with Gasteiger partial charge in [0.25, 0.3) is 11.4 Å². The Labute approximate surface area is 256 Å². The normalized spacial score (nSPS) is 14.7. The van der Waals surface area contributed by atoms with Crippen LogP contribution in [-0.2, 0) is 0 Å². The lowest BCUT2D eigenvalue weighted by Crippen LogP contribution is -2.01. The quantitative estimate of drug-likeness (QED) is 0.169. The molecular weight excluding hydrogens is 598 g/mol. The van der Waals surface area contributed by atoms with Crippen LogP contribution in [0.15, 0.2) is 41.9 Å². The highest BCUT2D eigenvalue weighted by atomic mass is 19.1. The van der Waals surface area contributed by atoms with Crippen molar-refractivity contribution in [1.82, 2.24) is 4.98 Å². The highest BCUT2D eigenvalue weighted by Crippen LogP contribution is 2.56. The van der Waals surface area contributed by atoms with Gasteiger partial charge in [-0.3, -0.25) is 0 Å². The first-order valence-electron chi connectivity index (χ1n) is 12.3. The van der Waals surface area contributed by atoms with Crippen LogP contribution in [0.5, 0.6) is 0 Å². The summed E-state index contributed by atoms with van der Waals surface area (Å²) >= 11 is 0. The van der Waals surface area contributed by atoms with Crippen LogP contribution < -0.4 is 0 Å². The fourth-order valence-electron chi connectivity index (χ4n) is 5.30. The van der Waals surface area contributed by atoms with Crippen molar-refractivity contribution in [2.24, 2.45) is 0 Å². The number of nitrogens with zero attached hydrogens (tertiary/aromatic N) is 9. The zero-order valence-electron chi connectivity index (χ0n) is 22.4. The van der Waals surface area contributed by atoms with Crippen molar-refractivity contribution in [3.63, 3.8) is 0 Å². The predicted octanol–water partition coefficient (Wildman–Crippen LogP) is 7.62. The van der Waals surface area contributed by atoms with E-state index in [4.69, 9.17) is 26.3 Å². The van der Waals surface area contributed by atoms with E-state index >= 15 is 13.2 Å². The summed E-state index contributed by atoms with van der Waals surface area (Å²) in [5, 5.41) is 39.2. The van der Waals surface area contributed by atoms with Gasteiger partial charge in [-0.15, -0.1) is 0 Å². The molecule has 2 aliphatic carbocycles. The van der Waals surface area contributed by atoms with Crippen LogP contribution in [-0.4, -0.2) is 4.98 Å². The smallest absolute Gasteiger partial charge is 0.242 e. The summed E-state index contributed by atoms with van der Waals surface area (Å²) in [5.41, 5.74) is -8.84. The van der Waals surface area contributed by atoms with Crippen molar-refractivity contribution in [2.75, 3.05) is 0 Å². The van der Waals surface area contributed by atoms with Gasteiger partial charge in [-0.25, -0.2) is 52.4 Å². The average molecular weight is 603 g/mol. The number of hydrogen-bond acceptors (Lipinski definition) is 5. The van der Waals surface area contributed by atoms with Crippen molar-refractivity contribution in [2.45, 2.75) is 0 Å². The molecule has 46 heavy (non-hydrogen) atoms. The van der Waals surface area contributed by atoms with E-state index in [0.29, 0.717) is 18.3 Å². The lowest BCUT2D eigenvalue weighted by atomic mass is 9.91. The molecule has 1 aromatic heterocycles. The van der Waals surface area contributed by atoms with E-state index < -0.39 is 96.2 Å². The topological polar surface area (TPSA) is 125 Å². The molecule has 0 bridgehead atoms. The molecule has 0 amide bonds. The Hall–Kier alpha value is -7.81. The van der Waals surface area contributed by atoms with Crippen LogP contribution in [0.3, 0.4) is 0 Å². The Kier molecular flexibility index (Phi) is 7.17. The van der Waals surface area contributed by atoms with E-state index in [1.165, 1.54) is 0 Å². The Balaban J connectivity index is 2.01. The predicted molar refractivity (Wildman–Crippen MR) is 152 cm³/mol. The van der Waals surface area contributed by atoms with Crippen LogP contribution in [0.4, 0.5) is 23.2 Å². The van der Waals surface area contributed by atoms with Gasteiger partial charge in [0.05, 0.1) is 50.2 Å². The lowest BCUT2D eigenvalue weighted by Gasteiger charge is -2.14. The molecule has 0 aliphatic heterocycles. The minimum absolute atomic E-state index is 0.317. The van der Waals surface area contributed by atoms with Gasteiger partial charge >= 0.3 is 0 Å². The third-order valence-corrected chi connectivity index (χ3v) is 7.08. The first-order chi connectivity index (χ1) is 22.1. The highest BCUT2D eigenvalue weighted by molar-refractivity contribution is 6.29. The van der Waals surface area contributed by atoms with Crippen LogP contribution in [0.25, 0.3) is 52.9 Å². The molecule has 0 radical (unpaired) electrons. The second kappa shape index (κ2) is 11.1. The van der Waals surface area contributed by atoms with E-state index in [1.54, 1.807) is 24.3 Å². The number of halogens is 4. The van der Waals surface area contributed by atoms with E-state index in [-0.39, 0.29) is 16.8 Å². The second-order valence-electron chi connectivity index (χ2n) is 9.18. The molecule has 1 heterocycles. The molecule has 0 saturated heterocycles. The van der Waals surface area contributed by atoms with E-state index in [1.807, 2.05) is 0 Å². The molecule has 2 aliphatic rings. The highest BCUT2D eigenvalue weighted by Gasteiger charge is 2.41. The van der Waals surface area contributed by atoms with Gasteiger partial charge in [-0.1, -0.05) is 0 Å². The van der Waals surface area contributed by atoms with E-state index in [9.17, 15) is 25.4 Å². The number of hydrogen-bond donors (Lipinski definition) is 0. The zero-order valence-corrected chi connectivity index (χ0v) is 22.4. The molecule has 0 saturated carbocycles. The van der Waals surface area contributed by atoms with Gasteiger partial charge in [0.15, 0.2) is 0 Å². The minimum atomic E-state index is -1.35. The summed E-state index contributed by atoms with van der Waals surface area (Å²) in [4.78, 5) is 16.0. The number of benzene rings is 2. The van der Waals surface area contributed by atoms with Crippen molar-refractivity contribution < 1.29 is 17.6 Å². The first-order valence-corrected chi connectivity index (χ1v) is 12.3. The van der Waals surface area contributed by atoms with Gasteiger partial charge in [0.2, 0.25) is 11.4 Å².